The Hall–Kier alpha value is -1.60. The van der Waals surface area contributed by atoms with E-state index in [0.717, 1.165) is 58.1 Å². The highest BCUT2D eigenvalue weighted by atomic mass is 16.5. The number of nitrogens with zero attached hydrogens (tertiary/aromatic N) is 3. The monoisotopic (exact) mass is 307 g/mol. The van der Waals surface area contributed by atoms with Crippen molar-refractivity contribution in [1.82, 2.24) is 14.9 Å². The Balaban J connectivity index is 1.63. The molecule has 3 N–H and O–H groups in total. The van der Waals surface area contributed by atoms with Gasteiger partial charge >= 0.3 is 0 Å². The number of aromatic nitrogens is 2. The molecule has 1 aliphatic carbocycles. The fourth-order valence-corrected chi connectivity index (χ4v) is 2.53. The Bertz CT molecular complexity index is 501. The van der Waals surface area contributed by atoms with Gasteiger partial charge in [0.05, 0.1) is 19.8 Å². The van der Waals surface area contributed by atoms with Crippen molar-refractivity contribution >= 4 is 11.5 Å². The molecule has 0 aromatic carbocycles. The lowest BCUT2D eigenvalue weighted by molar-refractivity contribution is 0.0398. The number of rotatable bonds is 7. The number of nitrogens with two attached hydrogens (primary N) is 1. The van der Waals surface area contributed by atoms with E-state index in [-0.39, 0.29) is 0 Å². The highest BCUT2D eigenvalue weighted by Crippen LogP contribution is 2.40. The fourth-order valence-electron chi connectivity index (χ4n) is 2.53. The molecule has 1 saturated carbocycles. The summed E-state index contributed by atoms with van der Waals surface area (Å²) in [6.45, 7) is 7.84. The second-order valence-electron chi connectivity index (χ2n) is 5.74. The molecular weight excluding hydrogens is 282 g/mol. The number of nitrogens with one attached hydrogen (secondary N) is 1. The third-order valence-corrected chi connectivity index (χ3v) is 3.98. The Morgan fingerprint density at radius 1 is 1.32 bits per heavy atom. The van der Waals surface area contributed by atoms with E-state index in [4.69, 9.17) is 15.2 Å². The van der Waals surface area contributed by atoms with Gasteiger partial charge in [-0.25, -0.2) is 4.98 Å². The number of ether oxygens (including phenoxy) is 2. The fraction of sp³-hybridized carbons (Fsp3) is 0.733. The maximum absolute atomic E-state index is 6.13. The van der Waals surface area contributed by atoms with E-state index < -0.39 is 0 Å². The molecule has 1 aromatic rings. The Labute approximate surface area is 131 Å². The van der Waals surface area contributed by atoms with Gasteiger partial charge in [-0.3, -0.25) is 4.90 Å². The molecule has 0 unspecified atom stereocenters. The van der Waals surface area contributed by atoms with E-state index in [1.165, 1.54) is 0 Å². The Morgan fingerprint density at radius 3 is 2.77 bits per heavy atom. The largest absolute Gasteiger partial charge is 0.476 e. The zero-order valence-electron chi connectivity index (χ0n) is 13.2. The molecule has 0 radical (unpaired) electrons. The first-order chi connectivity index (χ1) is 10.8. The summed E-state index contributed by atoms with van der Waals surface area (Å²) in [6, 6.07) is 0. The maximum atomic E-state index is 6.13. The van der Waals surface area contributed by atoms with E-state index in [0.29, 0.717) is 29.9 Å². The van der Waals surface area contributed by atoms with Crippen LogP contribution in [0.3, 0.4) is 0 Å². The van der Waals surface area contributed by atoms with Gasteiger partial charge in [0.15, 0.2) is 5.82 Å². The molecule has 0 bridgehead atoms. The summed E-state index contributed by atoms with van der Waals surface area (Å²) in [4.78, 5) is 11.4. The highest BCUT2D eigenvalue weighted by Gasteiger charge is 2.28. The summed E-state index contributed by atoms with van der Waals surface area (Å²) in [6.07, 6.45) is 2.31. The average molecular weight is 307 g/mol. The average Bonchev–Trinajstić information content (AvgIpc) is 3.37. The second-order valence-corrected chi connectivity index (χ2v) is 5.74. The summed E-state index contributed by atoms with van der Waals surface area (Å²) in [7, 11) is 0. The number of morpholine rings is 1. The number of hydrogen-bond acceptors (Lipinski definition) is 7. The quantitative estimate of drug-likeness (QED) is 0.779. The van der Waals surface area contributed by atoms with Gasteiger partial charge in [-0.05, 0) is 19.8 Å². The van der Waals surface area contributed by atoms with Crippen LogP contribution in [-0.4, -0.2) is 60.9 Å². The van der Waals surface area contributed by atoms with Crippen molar-refractivity contribution in [2.24, 2.45) is 0 Å². The smallest absolute Gasteiger partial charge is 0.242 e. The molecular formula is C15H25N5O2. The minimum Gasteiger partial charge on any atom is -0.476 e. The normalized spacial score (nSPS) is 19.1. The van der Waals surface area contributed by atoms with E-state index in [2.05, 4.69) is 20.2 Å². The minimum atomic E-state index is 0.472. The lowest BCUT2D eigenvalue weighted by atomic mass is 10.3. The molecule has 2 aliphatic rings. The Morgan fingerprint density at radius 2 is 2.09 bits per heavy atom. The van der Waals surface area contributed by atoms with E-state index in [1.807, 2.05) is 6.92 Å². The molecule has 3 rings (SSSR count). The van der Waals surface area contributed by atoms with Crippen molar-refractivity contribution in [2.75, 3.05) is 57.1 Å². The third kappa shape index (κ3) is 3.78. The standard InChI is InChI=1S/C15H25N5O2/c1-2-22-15-12(16)14(18-13(19-15)11-3-4-11)17-5-6-20-7-9-21-10-8-20/h11H,2-10,16H2,1H3,(H,17,18,19). The molecule has 2 heterocycles. The first kappa shape index (κ1) is 15.3. The lowest BCUT2D eigenvalue weighted by Crippen LogP contribution is -2.39. The van der Waals surface area contributed by atoms with Gasteiger partial charge in [0, 0.05) is 32.1 Å². The highest BCUT2D eigenvalue weighted by molar-refractivity contribution is 5.67. The van der Waals surface area contributed by atoms with Crippen LogP contribution in [0.1, 0.15) is 31.5 Å². The van der Waals surface area contributed by atoms with Crippen molar-refractivity contribution in [3.63, 3.8) is 0 Å². The molecule has 0 atom stereocenters. The van der Waals surface area contributed by atoms with Crippen LogP contribution in [0.15, 0.2) is 0 Å². The SMILES string of the molecule is CCOc1nc(C2CC2)nc(NCCN2CCOCC2)c1N. The van der Waals surface area contributed by atoms with Crippen LogP contribution in [0.2, 0.25) is 0 Å². The predicted octanol–water partition coefficient (Wildman–Crippen LogP) is 1.08. The van der Waals surface area contributed by atoms with Gasteiger partial charge < -0.3 is 20.5 Å². The van der Waals surface area contributed by atoms with Gasteiger partial charge in [-0.15, -0.1) is 0 Å². The summed E-state index contributed by atoms with van der Waals surface area (Å²) >= 11 is 0. The maximum Gasteiger partial charge on any atom is 0.242 e. The van der Waals surface area contributed by atoms with Crippen molar-refractivity contribution in [3.8, 4) is 5.88 Å². The van der Waals surface area contributed by atoms with Crippen LogP contribution in [0.5, 0.6) is 5.88 Å². The van der Waals surface area contributed by atoms with Gasteiger partial charge in [-0.2, -0.15) is 4.98 Å². The molecule has 122 valence electrons. The van der Waals surface area contributed by atoms with Gasteiger partial charge in [0.25, 0.3) is 0 Å². The van der Waals surface area contributed by atoms with Crippen molar-refractivity contribution in [1.29, 1.82) is 0 Å². The zero-order valence-corrected chi connectivity index (χ0v) is 13.2. The van der Waals surface area contributed by atoms with E-state index >= 15 is 0 Å². The predicted molar refractivity (Wildman–Crippen MR) is 85.3 cm³/mol. The molecule has 1 aliphatic heterocycles. The van der Waals surface area contributed by atoms with Crippen molar-refractivity contribution in [3.05, 3.63) is 5.82 Å². The summed E-state index contributed by atoms with van der Waals surface area (Å²) in [5.74, 6) is 2.54. The first-order valence-corrected chi connectivity index (χ1v) is 8.12. The minimum absolute atomic E-state index is 0.472. The molecule has 0 amide bonds. The molecule has 1 aromatic heterocycles. The van der Waals surface area contributed by atoms with Crippen LogP contribution in [0.25, 0.3) is 0 Å². The van der Waals surface area contributed by atoms with Crippen LogP contribution in [0, 0.1) is 0 Å². The zero-order chi connectivity index (χ0) is 15.4. The summed E-state index contributed by atoms with van der Waals surface area (Å²) < 4.78 is 10.9. The van der Waals surface area contributed by atoms with Gasteiger partial charge in [-0.1, -0.05) is 0 Å². The van der Waals surface area contributed by atoms with Crippen LogP contribution >= 0.6 is 0 Å². The Kier molecular flexibility index (Phi) is 4.94. The summed E-state index contributed by atoms with van der Waals surface area (Å²) in [5, 5.41) is 3.34. The van der Waals surface area contributed by atoms with Crippen molar-refractivity contribution < 1.29 is 9.47 Å². The van der Waals surface area contributed by atoms with Gasteiger partial charge in [0.2, 0.25) is 5.88 Å². The number of nitrogen functional groups attached to an aromatic ring is 1. The lowest BCUT2D eigenvalue weighted by Gasteiger charge is -2.26. The van der Waals surface area contributed by atoms with Crippen LogP contribution in [-0.2, 0) is 4.74 Å². The first-order valence-electron chi connectivity index (χ1n) is 8.12. The molecule has 2 fully saturated rings. The molecule has 7 heteroatoms. The molecule has 0 spiro atoms. The third-order valence-electron chi connectivity index (χ3n) is 3.98. The number of anilines is 2. The number of hydrogen-bond donors (Lipinski definition) is 2. The van der Waals surface area contributed by atoms with Gasteiger partial charge in [0.1, 0.15) is 11.5 Å². The van der Waals surface area contributed by atoms with E-state index in [1.54, 1.807) is 0 Å². The van der Waals surface area contributed by atoms with Crippen molar-refractivity contribution in [2.45, 2.75) is 25.7 Å². The molecule has 22 heavy (non-hydrogen) atoms. The second kappa shape index (κ2) is 7.11. The summed E-state index contributed by atoms with van der Waals surface area (Å²) in [5.41, 5.74) is 6.64. The van der Waals surface area contributed by atoms with E-state index in [9.17, 15) is 0 Å². The topological polar surface area (TPSA) is 85.5 Å². The molecule has 7 nitrogen and oxygen atoms in total. The molecule has 1 saturated heterocycles. The van der Waals surface area contributed by atoms with Crippen LogP contribution in [0.4, 0.5) is 11.5 Å². The van der Waals surface area contributed by atoms with Crippen LogP contribution < -0.4 is 15.8 Å².